The smallest absolute Gasteiger partial charge is 0.229 e. The fourth-order valence-corrected chi connectivity index (χ4v) is 6.24. The second-order valence-electron chi connectivity index (χ2n) is 9.51. The fraction of sp³-hybridized carbons (Fsp3) is 0.214. The molecule has 2 N–H and O–H groups in total. The predicted octanol–water partition coefficient (Wildman–Crippen LogP) is 6.00. The summed E-state index contributed by atoms with van der Waals surface area (Å²) in [6.07, 6.45) is 2.93. The average Bonchev–Trinajstić information content (AvgIpc) is 3.36. The van der Waals surface area contributed by atoms with Gasteiger partial charge in [-0.3, -0.25) is 9.71 Å². The molecule has 0 aliphatic carbocycles. The molecule has 3 heterocycles. The topological polar surface area (TPSA) is 79.3 Å². The molecule has 2 atom stereocenters. The lowest BCUT2D eigenvalue weighted by Gasteiger charge is -2.29. The molecular weight excluding hydrogens is 538 g/mol. The first-order chi connectivity index (χ1) is 18.0. The quantitative estimate of drug-likeness (QED) is 0.279. The van der Waals surface area contributed by atoms with Gasteiger partial charge in [0.1, 0.15) is 0 Å². The monoisotopic (exact) mass is 565 g/mol. The molecule has 0 unspecified atom stereocenters. The number of nitrogens with one attached hydrogen (secondary N) is 2. The van der Waals surface area contributed by atoms with E-state index in [-0.39, 0.29) is 12.1 Å². The summed E-state index contributed by atoms with van der Waals surface area (Å²) in [5, 5.41) is 4.76. The van der Waals surface area contributed by atoms with E-state index in [2.05, 4.69) is 44.4 Å². The van der Waals surface area contributed by atoms with Gasteiger partial charge in [-0.05, 0) is 105 Å². The highest BCUT2D eigenvalue weighted by molar-refractivity contribution is 7.92. The van der Waals surface area contributed by atoms with Gasteiger partial charge in [0.2, 0.25) is 10.0 Å². The number of halogens is 1. The molecule has 0 spiro atoms. The maximum Gasteiger partial charge on any atom is 0.229 e. The van der Waals surface area contributed by atoms with Crippen molar-refractivity contribution in [2.45, 2.75) is 32.9 Å². The van der Waals surface area contributed by atoms with Crippen LogP contribution in [-0.4, -0.2) is 29.3 Å². The van der Waals surface area contributed by atoms with Crippen molar-refractivity contribution in [3.63, 3.8) is 0 Å². The summed E-state index contributed by atoms with van der Waals surface area (Å²) in [5.74, 6) is 0. The summed E-state index contributed by atoms with van der Waals surface area (Å²) in [7, 11) is -3.40. The molecule has 0 amide bonds. The number of aryl methyl sites for hydroxylation is 2. The Hall–Kier alpha value is -3.40. The number of thiocarbonyl (C=S) groups is 1. The van der Waals surface area contributed by atoms with E-state index in [0.29, 0.717) is 15.8 Å². The van der Waals surface area contributed by atoms with Crippen LogP contribution in [0.1, 0.15) is 40.3 Å². The van der Waals surface area contributed by atoms with Gasteiger partial charge < -0.3 is 14.8 Å². The van der Waals surface area contributed by atoms with E-state index < -0.39 is 10.0 Å². The molecule has 7 nitrogen and oxygen atoms in total. The Kier molecular flexibility index (Phi) is 6.94. The largest absolute Gasteiger partial charge is 0.351 e. The van der Waals surface area contributed by atoms with Crippen molar-refractivity contribution in [2.75, 3.05) is 15.9 Å². The average molecular weight is 566 g/mol. The number of hydrogen-bond acceptors (Lipinski definition) is 4. The lowest BCUT2D eigenvalue weighted by Crippen LogP contribution is -2.29. The van der Waals surface area contributed by atoms with Gasteiger partial charge in [-0.15, -0.1) is 0 Å². The molecule has 1 aliphatic rings. The second-order valence-corrected chi connectivity index (χ2v) is 12.1. The van der Waals surface area contributed by atoms with E-state index in [1.807, 2.05) is 61.5 Å². The maximum atomic E-state index is 11.8. The van der Waals surface area contributed by atoms with Crippen molar-refractivity contribution < 1.29 is 8.42 Å². The van der Waals surface area contributed by atoms with Crippen LogP contribution < -0.4 is 14.9 Å². The Labute approximate surface area is 233 Å². The van der Waals surface area contributed by atoms with Gasteiger partial charge in [0.05, 0.1) is 29.7 Å². The first-order valence-electron chi connectivity index (χ1n) is 12.1. The summed E-state index contributed by atoms with van der Waals surface area (Å²) in [4.78, 5) is 6.75. The van der Waals surface area contributed by atoms with Crippen LogP contribution in [0.25, 0.3) is 5.69 Å². The van der Waals surface area contributed by atoms with E-state index >= 15 is 0 Å². The highest BCUT2D eigenvalue weighted by Gasteiger charge is 2.42. The molecule has 38 heavy (non-hydrogen) atoms. The van der Waals surface area contributed by atoms with E-state index in [9.17, 15) is 8.42 Å². The molecule has 4 aromatic rings. The molecule has 0 saturated carbocycles. The van der Waals surface area contributed by atoms with Crippen molar-refractivity contribution >= 4 is 50.3 Å². The highest BCUT2D eigenvalue weighted by Crippen LogP contribution is 2.44. The van der Waals surface area contributed by atoms with E-state index in [1.54, 1.807) is 12.3 Å². The van der Waals surface area contributed by atoms with Crippen LogP contribution in [0.3, 0.4) is 0 Å². The third-order valence-electron chi connectivity index (χ3n) is 6.76. The number of rotatable bonds is 6. The molecule has 196 valence electrons. The molecule has 2 aromatic carbocycles. The molecule has 10 heteroatoms. The van der Waals surface area contributed by atoms with Crippen LogP contribution in [0, 0.1) is 20.8 Å². The van der Waals surface area contributed by atoms with Crippen LogP contribution in [0.5, 0.6) is 0 Å². The zero-order chi connectivity index (χ0) is 27.2. The molecule has 1 fully saturated rings. The highest BCUT2D eigenvalue weighted by atomic mass is 35.5. The van der Waals surface area contributed by atoms with Crippen LogP contribution in [0.4, 0.5) is 11.4 Å². The van der Waals surface area contributed by atoms with Crippen molar-refractivity contribution in [3.05, 3.63) is 106 Å². The first kappa shape index (κ1) is 26.2. The van der Waals surface area contributed by atoms with E-state index in [4.69, 9.17) is 23.8 Å². The van der Waals surface area contributed by atoms with Crippen LogP contribution >= 0.6 is 23.8 Å². The summed E-state index contributed by atoms with van der Waals surface area (Å²) < 4.78 is 28.4. The minimum Gasteiger partial charge on any atom is -0.351 e. The van der Waals surface area contributed by atoms with Gasteiger partial charge in [-0.1, -0.05) is 17.7 Å². The van der Waals surface area contributed by atoms with Gasteiger partial charge in [0.25, 0.3) is 0 Å². The summed E-state index contributed by atoms with van der Waals surface area (Å²) >= 11 is 12.0. The van der Waals surface area contributed by atoms with Gasteiger partial charge in [0.15, 0.2) is 5.11 Å². The SMILES string of the molecule is Cc1cc(N2C(=S)N[C@H](c3ccccn3)[C@H]2c2cc(C)n(-c3ccc(Cl)cc3)c2C)ccc1NS(C)(=O)=O. The zero-order valence-corrected chi connectivity index (χ0v) is 23.8. The van der Waals surface area contributed by atoms with Crippen molar-refractivity contribution in [1.82, 2.24) is 14.9 Å². The van der Waals surface area contributed by atoms with E-state index in [0.717, 1.165) is 45.8 Å². The fourth-order valence-electron chi connectivity index (χ4n) is 5.14. The zero-order valence-electron chi connectivity index (χ0n) is 21.4. The number of anilines is 2. The van der Waals surface area contributed by atoms with Crippen molar-refractivity contribution in [3.8, 4) is 5.69 Å². The third-order valence-corrected chi connectivity index (χ3v) is 7.91. The second kappa shape index (κ2) is 10.1. The summed E-state index contributed by atoms with van der Waals surface area (Å²) in [5.41, 5.74) is 7.37. The summed E-state index contributed by atoms with van der Waals surface area (Å²) in [6.45, 7) is 6.07. The number of nitrogens with zero attached hydrogens (tertiary/aromatic N) is 3. The number of aromatic nitrogens is 2. The third kappa shape index (κ3) is 5.01. The van der Waals surface area contributed by atoms with E-state index in [1.165, 1.54) is 0 Å². The van der Waals surface area contributed by atoms with Crippen molar-refractivity contribution in [1.29, 1.82) is 0 Å². The Morgan fingerprint density at radius 2 is 1.71 bits per heavy atom. The molecular formula is C28H28ClN5O2S2. The minimum absolute atomic E-state index is 0.197. The number of pyridine rings is 1. The normalized spacial score (nSPS) is 17.5. The van der Waals surface area contributed by atoms with Gasteiger partial charge >= 0.3 is 0 Å². The number of hydrogen-bond donors (Lipinski definition) is 2. The number of benzene rings is 2. The van der Waals surface area contributed by atoms with Gasteiger partial charge in [-0.2, -0.15) is 0 Å². The number of sulfonamides is 1. The first-order valence-corrected chi connectivity index (χ1v) is 14.7. The molecule has 0 radical (unpaired) electrons. The Bertz CT molecular complexity index is 1620. The van der Waals surface area contributed by atoms with Crippen LogP contribution in [0.2, 0.25) is 5.02 Å². The maximum absolute atomic E-state index is 11.8. The molecule has 2 aromatic heterocycles. The molecule has 0 bridgehead atoms. The minimum atomic E-state index is -3.40. The molecule has 1 saturated heterocycles. The Morgan fingerprint density at radius 1 is 1.00 bits per heavy atom. The molecule has 1 aliphatic heterocycles. The van der Waals surface area contributed by atoms with Crippen LogP contribution in [-0.2, 0) is 10.0 Å². The lowest BCUT2D eigenvalue weighted by atomic mass is 9.96. The van der Waals surface area contributed by atoms with Crippen LogP contribution in [0.15, 0.2) is 72.9 Å². The summed E-state index contributed by atoms with van der Waals surface area (Å²) in [6, 6.07) is 21.1. The Morgan fingerprint density at radius 3 is 2.34 bits per heavy atom. The van der Waals surface area contributed by atoms with Gasteiger partial charge in [-0.25, -0.2) is 8.42 Å². The van der Waals surface area contributed by atoms with Crippen molar-refractivity contribution in [2.24, 2.45) is 0 Å². The standard InChI is InChI=1S/C28H28ClN5O2S2/c1-17-15-22(12-13-24(17)32-38(4,35)36)34-27(26(31-28(34)37)25-7-5-6-14-30-25)23-16-18(2)33(19(23)3)21-10-8-20(29)9-11-21/h5-16,26-27,32H,1-4H3,(H,31,37)/t26-,27-/m1/s1. The molecule has 5 rings (SSSR count). The van der Waals surface area contributed by atoms with Gasteiger partial charge in [0, 0.05) is 34.0 Å². The Balaban J connectivity index is 1.65. The lowest BCUT2D eigenvalue weighted by molar-refractivity contribution is 0.565. The predicted molar refractivity (Wildman–Crippen MR) is 158 cm³/mol.